The molecule has 2 rings (SSSR count). The Bertz CT molecular complexity index is 541. The summed E-state index contributed by atoms with van der Waals surface area (Å²) < 4.78 is 14.1. The molecule has 1 saturated carbocycles. The molecule has 1 fully saturated rings. The topological polar surface area (TPSA) is 75.1 Å². The first-order valence-corrected chi connectivity index (χ1v) is 6.20. The van der Waals surface area contributed by atoms with Gasteiger partial charge in [0.15, 0.2) is 0 Å². The second-order valence-electron chi connectivity index (χ2n) is 5.13. The molecule has 0 bridgehead atoms. The zero-order valence-corrected chi connectivity index (χ0v) is 10.3. The standard InChI is InChI=1S/C12H17FN2O3/c1-7-2-4-8(5-3-7)6-15-11(17)9(13)10(16)14-12(15)18/h7-8,17H,2-6H2,1H3,(H,14,16,18). The molecule has 0 saturated heterocycles. The highest BCUT2D eigenvalue weighted by Gasteiger charge is 2.21. The first kappa shape index (κ1) is 12.9. The summed E-state index contributed by atoms with van der Waals surface area (Å²) in [7, 11) is 0. The third kappa shape index (κ3) is 2.47. The van der Waals surface area contributed by atoms with Gasteiger partial charge in [-0.3, -0.25) is 14.3 Å². The van der Waals surface area contributed by atoms with Crippen molar-refractivity contribution in [3.63, 3.8) is 0 Å². The zero-order valence-electron chi connectivity index (χ0n) is 10.3. The molecule has 0 aliphatic heterocycles. The summed E-state index contributed by atoms with van der Waals surface area (Å²) in [4.78, 5) is 24.3. The predicted octanol–water partition coefficient (Wildman–Crippen LogP) is 1.21. The van der Waals surface area contributed by atoms with Gasteiger partial charge in [-0.15, -0.1) is 0 Å². The van der Waals surface area contributed by atoms with Crippen molar-refractivity contribution >= 4 is 0 Å². The monoisotopic (exact) mass is 256 g/mol. The van der Waals surface area contributed by atoms with Crippen molar-refractivity contribution in [2.45, 2.75) is 39.2 Å². The van der Waals surface area contributed by atoms with Crippen LogP contribution in [-0.2, 0) is 6.54 Å². The van der Waals surface area contributed by atoms with Gasteiger partial charge in [-0.1, -0.05) is 19.8 Å². The van der Waals surface area contributed by atoms with Gasteiger partial charge in [0.25, 0.3) is 5.56 Å². The molecule has 6 heteroatoms. The Balaban J connectivity index is 2.22. The summed E-state index contributed by atoms with van der Waals surface area (Å²) in [6.07, 6.45) is 4.06. The van der Waals surface area contributed by atoms with E-state index in [2.05, 4.69) is 6.92 Å². The molecule has 1 aromatic rings. The maximum atomic E-state index is 13.2. The van der Waals surface area contributed by atoms with Crippen LogP contribution in [0, 0.1) is 17.7 Å². The number of aromatic nitrogens is 2. The molecule has 1 aromatic heterocycles. The van der Waals surface area contributed by atoms with Crippen molar-refractivity contribution in [2.75, 3.05) is 0 Å². The smallest absolute Gasteiger partial charge is 0.331 e. The summed E-state index contributed by atoms with van der Waals surface area (Å²) in [6.45, 7) is 2.44. The largest absolute Gasteiger partial charge is 0.492 e. The van der Waals surface area contributed by atoms with Crippen molar-refractivity contribution in [1.82, 2.24) is 9.55 Å². The Morgan fingerprint density at radius 1 is 1.33 bits per heavy atom. The molecule has 1 aliphatic rings. The quantitative estimate of drug-likeness (QED) is 0.835. The van der Waals surface area contributed by atoms with Gasteiger partial charge in [0.1, 0.15) is 0 Å². The number of hydrogen-bond acceptors (Lipinski definition) is 3. The molecule has 1 heterocycles. The number of H-pyrrole nitrogens is 1. The van der Waals surface area contributed by atoms with Gasteiger partial charge in [0, 0.05) is 6.54 Å². The van der Waals surface area contributed by atoms with Gasteiger partial charge in [0.05, 0.1) is 0 Å². The van der Waals surface area contributed by atoms with Gasteiger partial charge >= 0.3 is 5.69 Å². The molecular weight excluding hydrogens is 239 g/mol. The van der Waals surface area contributed by atoms with E-state index >= 15 is 0 Å². The highest BCUT2D eigenvalue weighted by molar-refractivity contribution is 5.09. The van der Waals surface area contributed by atoms with E-state index < -0.39 is 22.9 Å². The summed E-state index contributed by atoms with van der Waals surface area (Å²) in [5, 5.41) is 9.51. The summed E-state index contributed by atoms with van der Waals surface area (Å²) in [5.74, 6) is -1.23. The van der Waals surface area contributed by atoms with E-state index in [0.717, 1.165) is 30.3 Å². The fourth-order valence-electron chi connectivity index (χ4n) is 2.47. The minimum absolute atomic E-state index is 0.245. The third-order valence-corrected chi connectivity index (χ3v) is 3.69. The summed E-state index contributed by atoms with van der Waals surface area (Å²) in [6, 6.07) is 0. The van der Waals surface area contributed by atoms with Gasteiger partial charge in [-0.25, -0.2) is 4.79 Å². The Kier molecular flexibility index (Phi) is 3.54. The van der Waals surface area contributed by atoms with E-state index in [-0.39, 0.29) is 12.5 Å². The van der Waals surface area contributed by atoms with Crippen LogP contribution in [0.25, 0.3) is 0 Å². The summed E-state index contributed by atoms with van der Waals surface area (Å²) >= 11 is 0. The molecule has 0 amide bonds. The van der Waals surface area contributed by atoms with Crippen LogP contribution >= 0.6 is 0 Å². The Labute approximate surface area is 103 Å². The number of halogens is 1. The number of nitrogens with one attached hydrogen (secondary N) is 1. The van der Waals surface area contributed by atoms with E-state index in [1.165, 1.54) is 0 Å². The molecule has 0 radical (unpaired) electrons. The summed E-state index contributed by atoms with van der Waals surface area (Å²) in [5.41, 5.74) is -1.93. The first-order chi connectivity index (χ1) is 8.49. The first-order valence-electron chi connectivity index (χ1n) is 6.20. The highest BCUT2D eigenvalue weighted by atomic mass is 19.1. The number of rotatable bonds is 2. The van der Waals surface area contributed by atoms with Crippen LogP contribution in [-0.4, -0.2) is 14.7 Å². The van der Waals surface area contributed by atoms with Crippen LogP contribution in [0.2, 0.25) is 0 Å². The van der Waals surface area contributed by atoms with Gasteiger partial charge < -0.3 is 5.11 Å². The lowest BCUT2D eigenvalue weighted by Gasteiger charge is -2.26. The lowest BCUT2D eigenvalue weighted by molar-refractivity contribution is 0.247. The maximum Gasteiger partial charge on any atom is 0.331 e. The van der Waals surface area contributed by atoms with Crippen LogP contribution in [0.15, 0.2) is 9.59 Å². The van der Waals surface area contributed by atoms with Crippen molar-refractivity contribution < 1.29 is 9.50 Å². The highest BCUT2D eigenvalue weighted by Crippen LogP contribution is 2.29. The zero-order chi connectivity index (χ0) is 13.3. The lowest BCUT2D eigenvalue weighted by atomic mass is 9.83. The van der Waals surface area contributed by atoms with E-state index in [4.69, 9.17) is 0 Å². The average Bonchev–Trinajstić information content (AvgIpc) is 2.34. The third-order valence-electron chi connectivity index (χ3n) is 3.69. The number of nitrogens with zero attached hydrogens (tertiary/aromatic N) is 1. The fourth-order valence-corrected chi connectivity index (χ4v) is 2.47. The van der Waals surface area contributed by atoms with Crippen molar-refractivity contribution in [3.8, 4) is 5.88 Å². The number of aromatic amines is 1. The van der Waals surface area contributed by atoms with Crippen LogP contribution in [0.1, 0.15) is 32.6 Å². The van der Waals surface area contributed by atoms with Crippen LogP contribution in [0.3, 0.4) is 0 Å². The average molecular weight is 256 g/mol. The minimum Gasteiger partial charge on any atom is -0.492 e. The van der Waals surface area contributed by atoms with E-state index in [1.54, 1.807) is 0 Å². The van der Waals surface area contributed by atoms with Crippen molar-refractivity contribution in [2.24, 2.45) is 11.8 Å². The second-order valence-corrected chi connectivity index (χ2v) is 5.13. The molecule has 5 nitrogen and oxygen atoms in total. The Morgan fingerprint density at radius 2 is 1.94 bits per heavy atom. The molecular formula is C12H17FN2O3. The Hall–Kier alpha value is -1.59. The van der Waals surface area contributed by atoms with E-state index in [9.17, 15) is 19.1 Å². The molecule has 0 aromatic carbocycles. The van der Waals surface area contributed by atoms with Gasteiger partial charge in [-0.05, 0) is 24.7 Å². The molecule has 1 aliphatic carbocycles. The molecule has 0 unspecified atom stereocenters. The normalized spacial score (nSPS) is 24.1. The maximum absolute atomic E-state index is 13.2. The van der Waals surface area contributed by atoms with Crippen LogP contribution in [0.5, 0.6) is 5.88 Å². The molecule has 100 valence electrons. The van der Waals surface area contributed by atoms with Gasteiger partial charge in [0.2, 0.25) is 11.7 Å². The molecule has 2 N–H and O–H groups in total. The van der Waals surface area contributed by atoms with Crippen LogP contribution in [0.4, 0.5) is 4.39 Å². The minimum atomic E-state index is -1.29. The van der Waals surface area contributed by atoms with E-state index in [1.807, 2.05) is 4.98 Å². The molecule has 0 spiro atoms. The fraction of sp³-hybridized carbons (Fsp3) is 0.667. The Morgan fingerprint density at radius 3 is 2.56 bits per heavy atom. The number of aromatic hydroxyl groups is 1. The molecule has 18 heavy (non-hydrogen) atoms. The van der Waals surface area contributed by atoms with E-state index in [0.29, 0.717) is 5.92 Å². The molecule has 0 atom stereocenters. The lowest BCUT2D eigenvalue weighted by Crippen LogP contribution is -2.34. The van der Waals surface area contributed by atoms with Crippen molar-refractivity contribution in [3.05, 3.63) is 26.7 Å². The SMILES string of the molecule is CC1CCC(Cn2c(O)c(F)c(=O)[nH]c2=O)CC1. The van der Waals surface area contributed by atoms with Gasteiger partial charge in [-0.2, -0.15) is 4.39 Å². The predicted molar refractivity (Wildman–Crippen MR) is 64.1 cm³/mol. The second kappa shape index (κ2) is 4.96. The van der Waals surface area contributed by atoms with Crippen molar-refractivity contribution in [1.29, 1.82) is 0 Å². The number of hydrogen-bond donors (Lipinski definition) is 2. The van der Waals surface area contributed by atoms with Crippen LogP contribution < -0.4 is 11.2 Å².